The van der Waals surface area contributed by atoms with Crippen LogP contribution in [0.25, 0.3) is 0 Å². The van der Waals surface area contributed by atoms with Gasteiger partial charge < -0.3 is 10.4 Å². The van der Waals surface area contributed by atoms with Crippen molar-refractivity contribution in [3.8, 4) is 12.3 Å². The predicted octanol–water partition coefficient (Wildman–Crippen LogP) is 3.71. The maximum absolute atomic E-state index is 12.8. The Kier molecular flexibility index (Phi) is 6.66. The third kappa shape index (κ3) is 5.98. The zero-order chi connectivity index (χ0) is 20.1. The first-order valence-corrected chi connectivity index (χ1v) is 7.13. The third-order valence-corrected chi connectivity index (χ3v) is 3.27. The lowest BCUT2D eigenvalue weighted by Gasteiger charge is -2.17. The summed E-state index contributed by atoms with van der Waals surface area (Å²) in [5.74, 6) is -0.614. The molecule has 0 aromatic heterocycles. The molecule has 4 nitrogen and oxygen atoms in total. The van der Waals surface area contributed by atoms with Crippen LogP contribution in [0.3, 0.4) is 0 Å². The summed E-state index contributed by atoms with van der Waals surface area (Å²) in [6.45, 7) is 0. The molecule has 0 saturated heterocycles. The minimum Gasteiger partial charge on any atom is -0.480 e. The van der Waals surface area contributed by atoms with Gasteiger partial charge in [-0.2, -0.15) is 26.3 Å². The Labute approximate surface area is 144 Å². The lowest BCUT2D eigenvalue weighted by Crippen LogP contribution is -2.40. The van der Waals surface area contributed by atoms with Crippen molar-refractivity contribution < 1.29 is 41.0 Å². The Hall–Kier alpha value is -2.70. The normalized spacial score (nSPS) is 13.0. The molecule has 1 rings (SSSR count). The van der Waals surface area contributed by atoms with Gasteiger partial charge in [-0.15, -0.1) is 12.3 Å². The van der Waals surface area contributed by atoms with E-state index in [4.69, 9.17) is 11.5 Å². The molecule has 1 atom stereocenters. The molecular formula is C16H13F6NO3. The number of terminal acetylenes is 1. The highest BCUT2D eigenvalue weighted by molar-refractivity contribution is 5.97. The summed E-state index contributed by atoms with van der Waals surface area (Å²) in [5, 5.41) is 10.9. The molecule has 0 aliphatic heterocycles. The van der Waals surface area contributed by atoms with Gasteiger partial charge >= 0.3 is 18.3 Å². The Morgan fingerprint density at radius 2 is 1.58 bits per heavy atom. The van der Waals surface area contributed by atoms with Gasteiger partial charge in [0.1, 0.15) is 6.04 Å². The van der Waals surface area contributed by atoms with Crippen molar-refractivity contribution in [2.24, 2.45) is 0 Å². The van der Waals surface area contributed by atoms with Gasteiger partial charge in [0.15, 0.2) is 0 Å². The zero-order valence-corrected chi connectivity index (χ0v) is 13.0. The number of unbranched alkanes of at least 4 members (excludes halogenated alkanes) is 1. The molecule has 142 valence electrons. The van der Waals surface area contributed by atoms with Crippen LogP contribution in [0.4, 0.5) is 26.3 Å². The molecule has 0 unspecified atom stereocenters. The number of carboxylic acids is 1. The van der Waals surface area contributed by atoms with Gasteiger partial charge in [0.2, 0.25) is 0 Å². The Balaban J connectivity index is 3.17. The fourth-order valence-corrected chi connectivity index (χ4v) is 1.99. The Morgan fingerprint density at radius 1 is 1.08 bits per heavy atom. The minimum atomic E-state index is -5.12. The number of benzene rings is 1. The van der Waals surface area contributed by atoms with E-state index < -0.39 is 47.0 Å². The van der Waals surface area contributed by atoms with Crippen LogP contribution >= 0.6 is 0 Å². The summed E-state index contributed by atoms with van der Waals surface area (Å²) >= 11 is 0. The smallest absolute Gasteiger partial charge is 0.416 e. The van der Waals surface area contributed by atoms with Crippen LogP contribution in [-0.2, 0) is 17.1 Å². The lowest BCUT2D eigenvalue weighted by molar-refractivity contribution is -0.143. The molecular weight excluding hydrogens is 368 g/mol. The van der Waals surface area contributed by atoms with Crippen molar-refractivity contribution in [1.82, 2.24) is 5.32 Å². The summed E-state index contributed by atoms with van der Waals surface area (Å²) in [6, 6.07) is -1.17. The summed E-state index contributed by atoms with van der Waals surface area (Å²) in [4.78, 5) is 23.1. The molecule has 0 aliphatic rings. The van der Waals surface area contributed by atoms with Gasteiger partial charge in [0.25, 0.3) is 5.91 Å². The maximum Gasteiger partial charge on any atom is 0.416 e. The largest absolute Gasteiger partial charge is 0.480 e. The zero-order valence-electron chi connectivity index (χ0n) is 13.0. The second-order valence-corrected chi connectivity index (χ2v) is 5.26. The number of alkyl halides is 6. The van der Waals surface area contributed by atoms with Crippen molar-refractivity contribution in [2.75, 3.05) is 0 Å². The molecule has 0 saturated carbocycles. The second-order valence-electron chi connectivity index (χ2n) is 5.26. The van der Waals surface area contributed by atoms with Gasteiger partial charge in [0.05, 0.1) is 11.1 Å². The SMILES string of the molecule is C#CCCC[C@H](NC(=O)c1cc(C(F)(F)F)cc(C(F)(F)F)c1)C(=O)O. The van der Waals surface area contributed by atoms with Crippen molar-refractivity contribution in [3.63, 3.8) is 0 Å². The van der Waals surface area contributed by atoms with Gasteiger partial charge in [-0.1, -0.05) is 0 Å². The molecule has 0 aliphatic carbocycles. The minimum absolute atomic E-state index is 0.127. The van der Waals surface area contributed by atoms with Crippen LogP contribution in [0.5, 0.6) is 0 Å². The van der Waals surface area contributed by atoms with Crippen LogP contribution in [0.15, 0.2) is 18.2 Å². The van der Waals surface area contributed by atoms with Crippen LogP contribution in [0, 0.1) is 12.3 Å². The van der Waals surface area contributed by atoms with E-state index in [-0.39, 0.29) is 37.5 Å². The number of rotatable bonds is 6. The standard InChI is InChI=1S/C16H13F6NO3/c1-2-3-4-5-12(14(25)26)23-13(24)9-6-10(15(17,18)19)8-11(7-9)16(20,21)22/h1,6-8,12H,3-5H2,(H,23,24)(H,25,26)/t12-/m0/s1. The molecule has 26 heavy (non-hydrogen) atoms. The molecule has 1 amide bonds. The van der Waals surface area contributed by atoms with E-state index in [9.17, 15) is 35.9 Å². The number of carbonyl (C=O) groups is 2. The number of hydrogen-bond donors (Lipinski definition) is 2. The Morgan fingerprint density at radius 3 is 1.96 bits per heavy atom. The molecule has 0 spiro atoms. The molecule has 0 radical (unpaired) electrons. The monoisotopic (exact) mass is 381 g/mol. The van der Waals surface area contributed by atoms with Crippen LogP contribution in [0.1, 0.15) is 40.7 Å². The lowest BCUT2D eigenvalue weighted by atomic mass is 10.0. The molecule has 1 aromatic rings. The highest BCUT2D eigenvalue weighted by Gasteiger charge is 2.37. The predicted molar refractivity (Wildman–Crippen MR) is 78.0 cm³/mol. The fourth-order valence-electron chi connectivity index (χ4n) is 1.99. The molecule has 10 heteroatoms. The number of amides is 1. The molecule has 0 heterocycles. The summed E-state index contributed by atoms with van der Waals surface area (Å²) in [6.07, 6.45) is -4.97. The highest BCUT2D eigenvalue weighted by atomic mass is 19.4. The van der Waals surface area contributed by atoms with Gasteiger partial charge in [-0.25, -0.2) is 4.79 Å². The quantitative estimate of drug-likeness (QED) is 0.449. The number of halogens is 6. The van der Waals surface area contributed by atoms with E-state index in [1.165, 1.54) is 0 Å². The van der Waals surface area contributed by atoms with E-state index in [0.29, 0.717) is 0 Å². The molecule has 2 N–H and O–H groups in total. The second kappa shape index (κ2) is 8.12. The average molecular weight is 381 g/mol. The number of hydrogen-bond acceptors (Lipinski definition) is 2. The first-order chi connectivity index (χ1) is 11.9. The van der Waals surface area contributed by atoms with E-state index in [1.54, 1.807) is 0 Å². The van der Waals surface area contributed by atoms with Crippen molar-refractivity contribution in [1.29, 1.82) is 0 Å². The topological polar surface area (TPSA) is 66.4 Å². The Bertz CT molecular complexity index is 686. The number of aliphatic carboxylic acids is 1. The number of carbonyl (C=O) groups excluding carboxylic acids is 1. The van der Waals surface area contributed by atoms with Gasteiger partial charge in [-0.05, 0) is 31.0 Å². The van der Waals surface area contributed by atoms with E-state index in [1.807, 2.05) is 5.32 Å². The first-order valence-electron chi connectivity index (χ1n) is 7.13. The van der Waals surface area contributed by atoms with E-state index in [2.05, 4.69) is 5.92 Å². The molecule has 0 fully saturated rings. The van der Waals surface area contributed by atoms with Gasteiger partial charge in [0, 0.05) is 12.0 Å². The van der Waals surface area contributed by atoms with Crippen LogP contribution in [-0.4, -0.2) is 23.0 Å². The summed E-state index contributed by atoms with van der Waals surface area (Å²) in [5.41, 5.74) is -4.29. The molecule has 1 aromatic carbocycles. The number of nitrogens with one attached hydrogen (secondary N) is 1. The average Bonchev–Trinajstić information content (AvgIpc) is 2.51. The number of carboxylic acid groups (broad SMARTS) is 1. The van der Waals surface area contributed by atoms with E-state index in [0.717, 1.165) is 0 Å². The van der Waals surface area contributed by atoms with Crippen LogP contribution in [0.2, 0.25) is 0 Å². The highest BCUT2D eigenvalue weighted by Crippen LogP contribution is 2.36. The summed E-state index contributed by atoms with van der Waals surface area (Å²) < 4.78 is 76.7. The fraction of sp³-hybridized carbons (Fsp3) is 0.375. The first kappa shape index (κ1) is 21.3. The maximum atomic E-state index is 12.8. The summed E-state index contributed by atoms with van der Waals surface area (Å²) in [7, 11) is 0. The van der Waals surface area contributed by atoms with Crippen molar-refractivity contribution >= 4 is 11.9 Å². The van der Waals surface area contributed by atoms with Crippen molar-refractivity contribution in [3.05, 3.63) is 34.9 Å². The molecule has 0 bridgehead atoms. The van der Waals surface area contributed by atoms with Gasteiger partial charge in [-0.3, -0.25) is 4.79 Å². The van der Waals surface area contributed by atoms with E-state index >= 15 is 0 Å². The van der Waals surface area contributed by atoms with Crippen LogP contribution < -0.4 is 5.32 Å². The third-order valence-electron chi connectivity index (χ3n) is 3.27. The van der Waals surface area contributed by atoms with Crippen molar-refractivity contribution in [2.45, 2.75) is 37.7 Å².